The van der Waals surface area contributed by atoms with Gasteiger partial charge in [0, 0.05) is 11.6 Å². The molecule has 2 rings (SSSR count). The molecule has 0 unspecified atom stereocenters. The summed E-state index contributed by atoms with van der Waals surface area (Å²) < 4.78 is 5.79. The highest BCUT2D eigenvalue weighted by Crippen LogP contribution is 2.28. The van der Waals surface area contributed by atoms with E-state index in [1.165, 1.54) is 0 Å². The Kier molecular flexibility index (Phi) is 3.22. The molecule has 0 amide bonds. The molecular weight excluding hydrogens is 198 g/mol. The first kappa shape index (κ1) is 10.7. The highest BCUT2D eigenvalue weighted by atomic mass is 16.5. The SMILES string of the molecule is C[C@@H](N)c1ccccc1Oc1ccccc1. The van der Waals surface area contributed by atoms with Gasteiger partial charge in [0.1, 0.15) is 11.5 Å². The van der Waals surface area contributed by atoms with E-state index in [-0.39, 0.29) is 6.04 Å². The van der Waals surface area contributed by atoms with Gasteiger partial charge in [0.25, 0.3) is 0 Å². The molecule has 0 heterocycles. The lowest BCUT2D eigenvalue weighted by Crippen LogP contribution is -2.06. The second kappa shape index (κ2) is 4.81. The van der Waals surface area contributed by atoms with Crippen LogP contribution < -0.4 is 10.5 Å². The van der Waals surface area contributed by atoms with Crippen molar-refractivity contribution >= 4 is 0 Å². The van der Waals surface area contributed by atoms with Crippen LogP contribution in [0.15, 0.2) is 54.6 Å². The molecule has 16 heavy (non-hydrogen) atoms. The molecule has 2 nitrogen and oxygen atoms in total. The molecule has 0 fully saturated rings. The molecular formula is C14H15NO. The molecule has 2 N–H and O–H groups in total. The second-order valence-electron chi connectivity index (χ2n) is 3.74. The lowest BCUT2D eigenvalue weighted by Gasteiger charge is -2.13. The molecule has 0 aliphatic carbocycles. The molecule has 1 atom stereocenters. The highest BCUT2D eigenvalue weighted by molar-refractivity contribution is 5.39. The van der Waals surface area contributed by atoms with Crippen LogP contribution in [0.1, 0.15) is 18.5 Å². The normalized spacial score (nSPS) is 12.1. The Morgan fingerprint density at radius 3 is 2.25 bits per heavy atom. The Morgan fingerprint density at radius 2 is 1.56 bits per heavy atom. The van der Waals surface area contributed by atoms with Crippen LogP contribution in [0.4, 0.5) is 0 Å². The quantitative estimate of drug-likeness (QED) is 0.846. The highest BCUT2D eigenvalue weighted by Gasteiger charge is 2.07. The minimum absolute atomic E-state index is 0.0279. The molecule has 2 aromatic rings. The Balaban J connectivity index is 2.28. The van der Waals surface area contributed by atoms with E-state index in [0.717, 1.165) is 17.1 Å². The number of para-hydroxylation sites is 2. The van der Waals surface area contributed by atoms with Gasteiger partial charge in [-0.2, -0.15) is 0 Å². The van der Waals surface area contributed by atoms with Crippen molar-refractivity contribution in [2.45, 2.75) is 13.0 Å². The predicted molar refractivity (Wildman–Crippen MR) is 65.6 cm³/mol. The van der Waals surface area contributed by atoms with Crippen LogP contribution in [0.3, 0.4) is 0 Å². The van der Waals surface area contributed by atoms with Crippen LogP contribution in [0, 0.1) is 0 Å². The summed E-state index contributed by atoms with van der Waals surface area (Å²) in [4.78, 5) is 0. The summed E-state index contributed by atoms with van der Waals surface area (Å²) in [5.41, 5.74) is 6.91. The zero-order valence-corrected chi connectivity index (χ0v) is 9.26. The van der Waals surface area contributed by atoms with Gasteiger partial charge in [-0.25, -0.2) is 0 Å². The van der Waals surface area contributed by atoms with E-state index in [0.29, 0.717) is 0 Å². The Bertz CT molecular complexity index is 451. The topological polar surface area (TPSA) is 35.2 Å². The van der Waals surface area contributed by atoms with Gasteiger partial charge in [0.05, 0.1) is 0 Å². The van der Waals surface area contributed by atoms with Crippen molar-refractivity contribution in [3.63, 3.8) is 0 Å². The first-order valence-corrected chi connectivity index (χ1v) is 5.35. The van der Waals surface area contributed by atoms with E-state index in [2.05, 4.69) is 0 Å². The standard InChI is InChI=1S/C14H15NO/c1-11(15)13-9-5-6-10-14(13)16-12-7-3-2-4-8-12/h2-11H,15H2,1H3/t11-/m1/s1. The van der Waals surface area contributed by atoms with Gasteiger partial charge in [-0.15, -0.1) is 0 Å². The molecule has 0 spiro atoms. The van der Waals surface area contributed by atoms with Crippen molar-refractivity contribution in [1.29, 1.82) is 0 Å². The Labute approximate surface area is 95.7 Å². The molecule has 0 aliphatic heterocycles. The summed E-state index contributed by atoms with van der Waals surface area (Å²) in [5, 5.41) is 0. The maximum absolute atomic E-state index is 5.89. The average molecular weight is 213 g/mol. The van der Waals surface area contributed by atoms with Gasteiger partial charge in [-0.1, -0.05) is 36.4 Å². The smallest absolute Gasteiger partial charge is 0.132 e. The molecule has 0 saturated heterocycles. The fraction of sp³-hybridized carbons (Fsp3) is 0.143. The minimum atomic E-state index is -0.0279. The van der Waals surface area contributed by atoms with Gasteiger partial charge in [-0.3, -0.25) is 0 Å². The van der Waals surface area contributed by atoms with Crippen molar-refractivity contribution in [2.75, 3.05) is 0 Å². The predicted octanol–water partition coefficient (Wildman–Crippen LogP) is 3.50. The monoisotopic (exact) mass is 213 g/mol. The Morgan fingerprint density at radius 1 is 0.938 bits per heavy atom. The first-order valence-electron chi connectivity index (χ1n) is 5.35. The molecule has 0 bridgehead atoms. The van der Waals surface area contributed by atoms with Crippen molar-refractivity contribution in [3.05, 3.63) is 60.2 Å². The number of nitrogens with two attached hydrogens (primary N) is 1. The fourth-order valence-corrected chi connectivity index (χ4v) is 1.57. The number of ether oxygens (including phenoxy) is 1. The molecule has 0 aliphatic rings. The number of hydrogen-bond acceptors (Lipinski definition) is 2. The van der Waals surface area contributed by atoms with E-state index in [1.54, 1.807) is 0 Å². The summed E-state index contributed by atoms with van der Waals surface area (Å²) in [7, 11) is 0. The van der Waals surface area contributed by atoms with Gasteiger partial charge in [0.15, 0.2) is 0 Å². The third-order valence-corrected chi connectivity index (χ3v) is 2.38. The zero-order valence-electron chi connectivity index (χ0n) is 9.26. The van der Waals surface area contributed by atoms with Crippen LogP contribution in [0.5, 0.6) is 11.5 Å². The van der Waals surface area contributed by atoms with E-state index in [9.17, 15) is 0 Å². The molecule has 82 valence electrons. The Hall–Kier alpha value is -1.80. The van der Waals surface area contributed by atoms with Crippen LogP contribution in [0.2, 0.25) is 0 Å². The largest absolute Gasteiger partial charge is 0.457 e. The molecule has 2 heteroatoms. The van der Waals surface area contributed by atoms with Crippen LogP contribution in [-0.4, -0.2) is 0 Å². The summed E-state index contributed by atoms with van der Waals surface area (Å²) in [5.74, 6) is 1.65. The summed E-state index contributed by atoms with van der Waals surface area (Å²) in [6.07, 6.45) is 0. The van der Waals surface area contributed by atoms with Gasteiger partial charge in [0.2, 0.25) is 0 Å². The molecule has 0 saturated carbocycles. The average Bonchev–Trinajstić information content (AvgIpc) is 2.31. The fourth-order valence-electron chi connectivity index (χ4n) is 1.57. The number of benzene rings is 2. The van der Waals surface area contributed by atoms with E-state index < -0.39 is 0 Å². The molecule has 0 radical (unpaired) electrons. The molecule has 2 aromatic carbocycles. The maximum Gasteiger partial charge on any atom is 0.132 e. The third kappa shape index (κ3) is 2.41. The first-order chi connectivity index (χ1) is 7.77. The van der Waals surface area contributed by atoms with Gasteiger partial charge >= 0.3 is 0 Å². The van der Waals surface area contributed by atoms with Crippen molar-refractivity contribution < 1.29 is 4.74 Å². The summed E-state index contributed by atoms with van der Waals surface area (Å²) >= 11 is 0. The number of hydrogen-bond donors (Lipinski definition) is 1. The summed E-state index contributed by atoms with van der Waals surface area (Å²) in [6, 6.07) is 17.5. The van der Waals surface area contributed by atoms with E-state index in [1.807, 2.05) is 61.5 Å². The summed E-state index contributed by atoms with van der Waals surface area (Å²) in [6.45, 7) is 1.95. The minimum Gasteiger partial charge on any atom is -0.457 e. The molecule has 0 aromatic heterocycles. The van der Waals surface area contributed by atoms with Gasteiger partial charge in [-0.05, 0) is 25.1 Å². The van der Waals surface area contributed by atoms with Crippen LogP contribution in [0.25, 0.3) is 0 Å². The van der Waals surface area contributed by atoms with E-state index >= 15 is 0 Å². The van der Waals surface area contributed by atoms with Crippen LogP contribution >= 0.6 is 0 Å². The van der Waals surface area contributed by atoms with Crippen LogP contribution in [-0.2, 0) is 0 Å². The third-order valence-electron chi connectivity index (χ3n) is 2.38. The zero-order chi connectivity index (χ0) is 11.4. The second-order valence-corrected chi connectivity index (χ2v) is 3.74. The lowest BCUT2D eigenvalue weighted by atomic mass is 10.1. The maximum atomic E-state index is 5.89. The van der Waals surface area contributed by atoms with Crippen molar-refractivity contribution in [1.82, 2.24) is 0 Å². The van der Waals surface area contributed by atoms with E-state index in [4.69, 9.17) is 10.5 Å². The lowest BCUT2D eigenvalue weighted by molar-refractivity contribution is 0.472. The number of rotatable bonds is 3. The van der Waals surface area contributed by atoms with Crippen molar-refractivity contribution in [2.24, 2.45) is 5.73 Å². The van der Waals surface area contributed by atoms with Crippen molar-refractivity contribution in [3.8, 4) is 11.5 Å². The van der Waals surface area contributed by atoms with Gasteiger partial charge < -0.3 is 10.5 Å².